The highest BCUT2D eigenvalue weighted by molar-refractivity contribution is 4.97. The van der Waals surface area contributed by atoms with Crippen LogP contribution in [-0.4, -0.2) is 60.6 Å². The highest BCUT2D eigenvalue weighted by atomic mass is 15.3. The van der Waals surface area contributed by atoms with E-state index in [0.29, 0.717) is 0 Å². The lowest BCUT2D eigenvalue weighted by Gasteiger charge is -2.38. The van der Waals surface area contributed by atoms with Gasteiger partial charge in [0.15, 0.2) is 0 Å². The van der Waals surface area contributed by atoms with Gasteiger partial charge in [-0.15, -0.1) is 0 Å². The van der Waals surface area contributed by atoms with E-state index in [1.54, 1.807) is 0 Å². The predicted molar refractivity (Wildman–Crippen MR) is 80.5 cm³/mol. The van der Waals surface area contributed by atoms with Crippen molar-refractivity contribution in [3.05, 3.63) is 0 Å². The Bertz CT molecular complexity index is 294. The number of rotatable bonds is 4. The molecule has 3 nitrogen and oxygen atoms in total. The molecule has 2 unspecified atom stereocenters. The van der Waals surface area contributed by atoms with E-state index in [4.69, 9.17) is 0 Å². The van der Waals surface area contributed by atoms with Gasteiger partial charge < -0.3 is 5.32 Å². The Labute approximate surface area is 118 Å². The summed E-state index contributed by atoms with van der Waals surface area (Å²) in [5, 5.41) is 3.44. The number of nitrogens with one attached hydrogen (secondary N) is 1. The molecule has 0 radical (unpaired) electrons. The van der Waals surface area contributed by atoms with Crippen LogP contribution in [0.2, 0.25) is 0 Å². The molecule has 19 heavy (non-hydrogen) atoms. The molecule has 0 amide bonds. The van der Waals surface area contributed by atoms with E-state index in [1.165, 1.54) is 51.5 Å². The van der Waals surface area contributed by atoms with Crippen LogP contribution in [0.4, 0.5) is 0 Å². The van der Waals surface area contributed by atoms with E-state index >= 15 is 0 Å². The van der Waals surface area contributed by atoms with E-state index in [2.05, 4.69) is 36.1 Å². The van der Waals surface area contributed by atoms with Crippen LogP contribution < -0.4 is 5.32 Å². The average Bonchev–Trinajstić information content (AvgIpc) is 3.21. The van der Waals surface area contributed by atoms with Gasteiger partial charge >= 0.3 is 0 Å². The molecule has 110 valence electrons. The first-order valence-electron chi connectivity index (χ1n) is 8.34. The summed E-state index contributed by atoms with van der Waals surface area (Å²) in [5.74, 6) is 0. The van der Waals surface area contributed by atoms with Crippen LogP contribution in [0.5, 0.6) is 0 Å². The fourth-order valence-corrected chi connectivity index (χ4v) is 4.31. The Morgan fingerprint density at radius 2 is 1.68 bits per heavy atom. The monoisotopic (exact) mass is 265 g/mol. The predicted octanol–water partition coefficient (Wildman–Crippen LogP) is 2.07. The molecule has 2 atom stereocenters. The van der Waals surface area contributed by atoms with E-state index < -0.39 is 0 Å². The van der Waals surface area contributed by atoms with Crippen molar-refractivity contribution in [3.8, 4) is 0 Å². The summed E-state index contributed by atoms with van der Waals surface area (Å²) >= 11 is 0. The molecule has 3 aliphatic rings. The summed E-state index contributed by atoms with van der Waals surface area (Å²) in [6.45, 7) is 3.76. The van der Waals surface area contributed by atoms with E-state index in [1.807, 2.05) is 0 Å². The van der Waals surface area contributed by atoms with Crippen LogP contribution in [0.15, 0.2) is 0 Å². The summed E-state index contributed by atoms with van der Waals surface area (Å²) in [6.07, 6.45) is 9.79. The molecule has 1 saturated heterocycles. The molecule has 0 aromatic heterocycles. The zero-order valence-corrected chi connectivity index (χ0v) is 12.9. The third-order valence-corrected chi connectivity index (χ3v) is 5.87. The zero-order chi connectivity index (χ0) is 13.4. The van der Waals surface area contributed by atoms with Crippen molar-refractivity contribution in [1.29, 1.82) is 0 Å². The second-order valence-corrected chi connectivity index (χ2v) is 7.13. The molecule has 1 N–H and O–H groups in total. The minimum absolute atomic E-state index is 0.773. The standard InChI is InChI=1S/C16H31N3/c1-12-10-16(11-19(12)15-8-9-15)18(3)14-6-4-13(17-2)5-7-14/h12-17H,4-11H2,1-3H3. The van der Waals surface area contributed by atoms with E-state index in [9.17, 15) is 0 Å². The quantitative estimate of drug-likeness (QED) is 0.839. The molecule has 1 aliphatic heterocycles. The minimum atomic E-state index is 0.773. The van der Waals surface area contributed by atoms with Gasteiger partial charge in [0.1, 0.15) is 0 Å². The maximum Gasteiger partial charge on any atom is 0.0238 e. The molecule has 0 bridgehead atoms. The van der Waals surface area contributed by atoms with E-state index in [-0.39, 0.29) is 0 Å². The molecule has 0 aromatic carbocycles. The summed E-state index contributed by atoms with van der Waals surface area (Å²) in [4.78, 5) is 5.51. The van der Waals surface area contributed by atoms with Gasteiger partial charge in [-0.25, -0.2) is 0 Å². The normalized spacial score (nSPS) is 41.1. The highest BCUT2D eigenvalue weighted by Gasteiger charge is 2.41. The van der Waals surface area contributed by atoms with Crippen molar-refractivity contribution in [2.45, 2.75) is 82.1 Å². The summed E-state index contributed by atoms with van der Waals surface area (Å²) in [6, 6.07) is 4.17. The van der Waals surface area contributed by atoms with Crippen molar-refractivity contribution in [3.63, 3.8) is 0 Å². The molecule has 0 spiro atoms. The van der Waals surface area contributed by atoms with Gasteiger partial charge in [0.05, 0.1) is 0 Å². The zero-order valence-electron chi connectivity index (χ0n) is 12.9. The summed E-state index contributed by atoms with van der Waals surface area (Å²) < 4.78 is 0. The van der Waals surface area contributed by atoms with Crippen LogP contribution in [0.3, 0.4) is 0 Å². The van der Waals surface area contributed by atoms with Crippen LogP contribution in [0.25, 0.3) is 0 Å². The highest BCUT2D eigenvalue weighted by Crippen LogP contribution is 2.35. The number of hydrogen-bond donors (Lipinski definition) is 1. The molecule has 3 heteroatoms. The van der Waals surface area contributed by atoms with Gasteiger partial charge in [-0.1, -0.05) is 0 Å². The van der Waals surface area contributed by atoms with Gasteiger partial charge in [-0.3, -0.25) is 9.80 Å². The van der Waals surface area contributed by atoms with Crippen LogP contribution in [0.1, 0.15) is 51.9 Å². The number of nitrogens with zero attached hydrogens (tertiary/aromatic N) is 2. The van der Waals surface area contributed by atoms with Crippen molar-refractivity contribution in [2.75, 3.05) is 20.6 Å². The van der Waals surface area contributed by atoms with Crippen LogP contribution >= 0.6 is 0 Å². The minimum Gasteiger partial charge on any atom is -0.317 e. The maximum absolute atomic E-state index is 3.44. The number of likely N-dealkylation sites (N-methyl/N-ethyl adjacent to an activating group) is 1. The Hall–Kier alpha value is -0.120. The molecule has 2 aliphatic carbocycles. The molecule has 2 saturated carbocycles. The Morgan fingerprint density at radius 3 is 2.26 bits per heavy atom. The molecular weight excluding hydrogens is 234 g/mol. The fourth-order valence-electron chi connectivity index (χ4n) is 4.31. The Kier molecular flexibility index (Phi) is 4.16. The molecular formula is C16H31N3. The van der Waals surface area contributed by atoms with Gasteiger partial charge in [-0.05, 0) is 66.0 Å². The lowest BCUT2D eigenvalue weighted by Crippen LogP contribution is -2.45. The first-order chi connectivity index (χ1) is 9.19. The van der Waals surface area contributed by atoms with Crippen molar-refractivity contribution < 1.29 is 0 Å². The van der Waals surface area contributed by atoms with Crippen molar-refractivity contribution in [2.24, 2.45) is 0 Å². The third-order valence-electron chi connectivity index (χ3n) is 5.87. The fraction of sp³-hybridized carbons (Fsp3) is 1.00. The SMILES string of the molecule is CNC1CCC(N(C)C2CC(C)N(C3CC3)C2)CC1. The van der Waals surface area contributed by atoms with Gasteiger partial charge in [0.2, 0.25) is 0 Å². The van der Waals surface area contributed by atoms with Crippen molar-refractivity contribution in [1.82, 2.24) is 15.1 Å². The van der Waals surface area contributed by atoms with Crippen LogP contribution in [-0.2, 0) is 0 Å². The van der Waals surface area contributed by atoms with Gasteiger partial charge in [0, 0.05) is 36.8 Å². The second-order valence-electron chi connectivity index (χ2n) is 7.13. The number of likely N-dealkylation sites (tertiary alicyclic amines) is 1. The lowest BCUT2D eigenvalue weighted by atomic mass is 9.89. The summed E-state index contributed by atoms with van der Waals surface area (Å²) in [5.41, 5.74) is 0. The van der Waals surface area contributed by atoms with Crippen molar-refractivity contribution >= 4 is 0 Å². The average molecular weight is 265 g/mol. The molecule has 3 fully saturated rings. The number of hydrogen-bond acceptors (Lipinski definition) is 3. The third kappa shape index (κ3) is 2.98. The molecule has 0 aromatic rings. The van der Waals surface area contributed by atoms with Crippen LogP contribution in [0, 0.1) is 0 Å². The lowest BCUT2D eigenvalue weighted by molar-refractivity contribution is 0.128. The Balaban J connectivity index is 1.52. The first-order valence-corrected chi connectivity index (χ1v) is 8.34. The van der Waals surface area contributed by atoms with Gasteiger partial charge in [0.25, 0.3) is 0 Å². The van der Waals surface area contributed by atoms with Gasteiger partial charge in [-0.2, -0.15) is 0 Å². The largest absolute Gasteiger partial charge is 0.317 e. The second kappa shape index (κ2) is 5.71. The molecule has 3 rings (SSSR count). The molecule has 1 heterocycles. The maximum atomic E-state index is 3.44. The topological polar surface area (TPSA) is 18.5 Å². The Morgan fingerprint density at radius 1 is 1.00 bits per heavy atom. The first kappa shape index (κ1) is 13.8. The summed E-state index contributed by atoms with van der Waals surface area (Å²) in [7, 11) is 4.50. The smallest absolute Gasteiger partial charge is 0.0238 e. The van der Waals surface area contributed by atoms with E-state index in [0.717, 1.165) is 30.2 Å².